The van der Waals surface area contributed by atoms with Crippen molar-refractivity contribution in [2.45, 2.75) is 0 Å². The molecule has 0 aromatic rings. The van der Waals surface area contributed by atoms with Gasteiger partial charge in [0.15, 0.2) is 0 Å². The van der Waals surface area contributed by atoms with Gasteiger partial charge in [-0.3, -0.25) is 0 Å². The quantitative estimate of drug-likeness (QED) is 0.467. The fraction of sp³-hybridized carbons (Fsp3) is 0. The number of hydrogen-bond acceptors (Lipinski definition) is 3. The molecule has 0 aliphatic carbocycles. The van der Waals surface area contributed by atoms with E-state index < -0.39 is 6.16 Å². The third-order valence-electron chi connectivity index (χ3n) is 0. The summed E-state index contributed by atoms with van der Waals surface area (Å²) in [5.74, 6) is 0. The Morgan fingerprint density at radius 1 is 1.14 bits per heavy atom. The molecule has 0 fully saturated rings. The summed E-state index contributed by atoms with van der Waals surface area (Å²) in [5, 5.41) is 16.7. The summed E-state index contributed by atoms with van der Waals surface area (Å²) in [6.07, 6.45) is -2.33. The van der Waals surface area contributed by atoms with E-state index in [0.29, 0.717) is 0 Å². The number of rotatable bonds is 0. The first-order chi connectivity index (χ1) is 1.73. The van der Waals surface area contributed by atoms with Crippen LogP contribution in [0.5, 0.6) is 0 Å². The SMILES string of the molecule is O=C([O-])[O-].[NH4+].[NH4+].[Zr]. The zero-order valence-electron chi connectivity index (χ0n) is 4.22. The van der Waals surface area contributed by atoms with Crippen molar-refractivity contribution in [3.63, 3.8) is 0 Å². The maximum Gasteiger partial charge on any atom is 0 e. The number of carbonyl (C=O) groups is 1. The molecular weight excluding hydrogens is 179 g/mol. The molecule has 5 nitrogen and oxygen atoms in total. The van der Waals surface area contributed by atoms with E-state index in [1.807, 2.05) is 0 Å². The van der Waals surface area contributed by atoms with E-state index in [0.717, 1.165) is 0 Å². The van der Waals surface area contributed by atoms with Gasteiger partial charge in [-0.15, -0.1) is 0 Å². The Labute approximate surface area is 60.0 Å². The summed E-state index contributed by atoms with van der Waals surface area (Å²) < 4.78 is 0. The number of carbonyl (C=O) groups excluding carboxylic acids is 1. The maximum atomic E-state index is 8.33. The minimum absolute atomic E-state index is 0. The topological polar surface area (TPSA) is 136 Å². The van der Waals surface area contributed by atoms with Crippen molar-refractivity contribution in [1.29, 1.82) is 0 Å². The number of carboxylic acid groups (broad SMARTS) is 2. The fourth-order valence-corrected chi connectivity index (χ4v) is 0. The number of quaternary nitrogens is 2. The van der Waals surface area contributed by atoms with Crippen LogP contribution in [0.2, 0.25) is 0 Å². The monoisotopic (exact) mass is 186 g/mol. The van der Waals surface area contributed by atoms with Gasteiger partial charge in [-0.25, -0.2) is 0 Å². The van der Waals surface area contributed by atoms with Crippen LogP contribution in [0.3, 0.4) is 0 Å². The molecule has 0 radical (unpaired) electrons. The molecule has 0 heterocycles. The average Bonchev–Trinajstić information content (AvgIpc) is 0.811. The van der Waals surface area contributed by atoms with Crippen LogP contribution in [0.4, 0.5) is 4.79 Å². The summed E-state index contributed by atoms with van der Waals surface area (Å²) in [7, 11) is 0. The fourth-order valence-electron chi connectivity index (χ4n) is 0. The zero-order chi connectivity index (χ0) is 3.58. The van der Waals surface area contributed by atoms with E-state index in [1.165, 1.54) is 0 Å². The van der Waals surface area contributed by atoms with Gasteiger partial charge >= 0.3 is 0 Å². The minimum atomic E-state index is -2.33. The van der Waals surface area contributed by atoms with Crippen LogP contribution in [0.1, 0.15) is 0 Å². The molecule has 0 spiro atoms. The Kier molecular flexibility index (Phi) is 65.3. The summed E-state index contributed by atoms with van der Waals surface area (Å²) >= 11 is 0. The van der Waals surface area contributed by atoms with Gasteiger partial charge in [-0.2, -0.15) is 0 Å². The van der Waals surface area contributed by atoms with Crippen LogP contribution in [0, 0.1) is 0 Å². The second-order valence-electron chi connectivity index (χ2n) is 0.250. The minimum Gasteiger partial charge on any atom is -0.652 e. The van der Waals surface area contributed by atoms with E-state index >= 15 is 0 Å². The molecule has 0 aromatic carbocycles. The van der Waals surface area contributed by atoms with E-state index in [2.05, 4.69) is 0 Å². The van der Waals surface area contributed by atoms with Gasteiger partial charge in [0, 0.05) is 26.2 Å². The normalized spacial score (nSPS) is 3.43. The van der Waals surface area contributed by atoms with Gasteiger partial charge in [0.2, 0.25) is 0 Å². The average molecular weight is 187 g/mol. The molecule has 44 valence electrons. The first kappa shape index (κ1) is 27.6. The Balaban J connectivity index is -0.0000000150. The second kappa shape index (κ2) is 16.6. The van der Waals surface area contributed by atoms with E-state index in [1.54, 1.807) is 0 Å². The van der Waals surface area contributed by atoms with Crippen molar-refractivity contribution < 1.29 is 41.2 Å². The Hall–Kier alpha value is 0.0731. The molecule has 0 amide bonds. The Bertz CT molecular complexity index is 35.9. The number of hydrogen-bond donors (Lipinski definition) is 2. The van der Waals surface area contributed by atoms with Crippen molar-refractivity contribution in [1.82, 2.24) is 12.3 Å². The van der Waals surface area contributed by atoms with Crippen molar-refractivity contribution in [3.05, 3.63) is 0 Å². The van der Waals surface area contributed by atoms with Crippen LogP contribution in [0.15, 0.2) is 0 Å². The summed E-state index contributed by atoms with van der Waals surface area (Å²) in [6.45, 7) is 0. The molecule has 0 aliphatic heterocycles. The summed E-state index contributed by atoms with van der Waals surface area (Å²) in [6, 6.07) is 0. The van der Waals surface area contributed by atoms with E-state index in [4.69, 9.17) is 15.0 Å². The van der Waals surface area contributed by atoms with Crippen molar-refractivity contribution in [3.8, 4) is 0 Å². The van der Waals surface area contributed by atoms with Gasteiger partial charge in [0.1, 0.15) is 0 Å². The van der Waals surface area contributed by atoms with Gasteiger partial charge < -0.3 is 27.3 Å². The van der Waals surface area contributed by atoms with Crippen molar-refractivity contribution in [2.24, 2.45) is 0 Å². The van der Waals surface area contributed by atoms with Gasteiger partial charge in [-0.1, -0.05) is 0 Å². The molecule has 7 heavy (non-hydrogen) atoms. The standard InChI is InChI=1S/CH2O3.2H3N.Zr/c2-1(3)4;;;/h(H2,2,3,4);2*1H3;. The Morgan fingerprint density at radius 2 is 1.14 bits per heavy atom. The molecule has 0 unspecified atom stereocenters. The molecular formula is CH8N2O3Zr. The molecule has 6 heteroatoms. The molecule has 0 aromatic heterocycles. The molecule has 0 saturated carbocycles. The summed E-state index contributed by atoms with van der Waals surface area (Å²) in [5.41, 5.74) is 0. The zero-order valence-corrected chi connectivity index (χ0v) is 6.68. The molecule has 0 bridgehead atoms. The summed E-state index contributed by atoms with van der Waals surface area (Å²) in [4.78, 5) is 8.33. The Morgan fingerprint density at radius 3 is 1.14 bits per heavy atom. The maximum absolute atomic E-state index is 8.33. The predicted molar refractivity (Wildman–Crippen MR) is 17.4 cm³/mol. The largest absolute Gasteiger partial charge is 0.652 e. The molecule has 0 rings (SSSR count). The van der Waals surface area contributed by atoms with Crippen LogP contribution < -0.4 is 22.5 Å². The van der Waals surface area contributed by atoms with Gasteiger partial charge in [0.05, 0.1) is 0 Å². The molecule has 0 aliphatic rings. The first-order valence-corrected chi connectivity index (χ1v) is 0.612. The van der Waals surface area contributed by atoms with E-state index in [-0.39, 0.29) is 38.5 Å². The van der Waals surface area contributed by atoms with Crippen LogP contribution >= 0.6 is 0 Å². The van der Waals surface area contributed by atoms with Gasteiger partial charge in [-0.05, 0) is 6.16 Å². The van der Waals surface area contributed by atoms with Crippen molar-refractivity contribution >= 4 is 6.16 Å². The van der Waals surface area contributed by atoms with E-state index in [9.17, 15) is 0 Å². The first-order valence-electron chi connectivity index (χ1n) is 0.612. The second-order valence-corrected chi connectivity index (χ2v) is 0.250. The van der Waals surface area contributed by atoms with Crippen molar-refractivity contribution in [2.75, 3.05) is 0 Å². The molecule has 0 atom stereocenters. The predicted octanol–water partition coefficient (Wildman–Crippen LogP) is -1.70. The van der Waals surface area contributed by atoms with Crippen LogP contribution in [0.25, 0.3) is 0 Å². The van der Waals surface area contributed by atoms with Gasteiger partial charge in [0.25, 0.3) is 0 Å². The molecule has 8 N–H and O–H groups in total. The van der Waals surface area contributed by atoms with Crippen LogP contribution in [-0.4, -0.2) is 6.16 Å². The molecule has 0 saturated heterocycles. The smallest absolute Gasteiger partial charge is 0 e. The third kappa shape index (κ3) is 18800. The van der Waals surface area contributed by atoms with Crippen LogP contribution in [-0.2, 0) is 26.2 Å². The third-order valence-corrected chi connectivity index (χ3v) is 0.